The number of nitrogens with zero attached hydrogens (tertiary/aromatic N) is 4. The number of rotatable bonds is 6. The first kappa shape index (κ1) is 16.4. The van der Waals surface area contributed by atoms with E-state index in [1.807, 2.05) is 6.92 Å². The minimum atomic E-state index is -0.367. The highest BCUT2D eigenvalue weighted by molar-refractivity contribution is 5.71. The summed E-state index contributed by atoms with van der Waals surface area (Å²) in [7, 11) is 3.32. The fraction of sp³-hybridized carbons (Fsp3) is 0.643. The van der Waals surface area contributed by atoms with Gasteiger partial charge in [0.05, 0.1) is 6.04 Å². The minimum Gasteiger partial charge on any atom is -0.377 e. The molecule has 0 bridgehead atoms. The van der Waals surface area contributed by atoms with E-state index in [9.17, 15) is 9.59 Å². The Hall–Kier alpha value is -1.93. The lowest BCUT2D eigenvalue weighted by molar-refractivity contribution is 0.175. The van der Waals surface area contributed by atoms with E-state index in [1.165, 1.54) is 4.57 Å². The van der Waals surface area contributed by atoms with E-state index in [-0.39, 0.29) is 30.4 Å². The lowest BCUT2D eigenvalue weighted by Gasteiger charge is -2.15. The molecule has 0 aliphatic heterocycles. The molecule has 1 unspecified atom stereocenters. The SMILES string of the molecule is CCCn1c(=O)n(C(C)CN)c(=O)c2c1nc(COC)n2C. The van der Waals surface area contributed by atoms with Gasteiger partial charge in [-0.1, -0.05) is 6.92 Å². The Morgan fingerprint density at radius 3 is 2.59 bits per heavy atom. The Morgan fingerprint density at radius 2 is 2.05 bits per heavy atom. The molecule has 2 rings (SSSR count). The average Bonchev–Trinajstić information content (AvgIpc) is 2.81. The highest BCUT2D eigenvalue weighted by Crippen LogP contribution is 2.12. The minimum absolute atomic E-state index is 0.218. The van der Waals surface area contributed by atoms with Crippen LogP contribution in [0.4, 0.5) is 0 Å². The van der Waals surface area contributed by atoms with Crippen molar-refractivity contribution >= 4 is 11.2 Å². The molecule has 0 saturated carbocycles. The number of aromatic nitrogens is 4. The average molecular weight is 309 g/mol. The normalized spacial score (nSPS) is 13.0. The number of ether oxygens (including phenoxy) is 1. The summed E-state index contributed by atoms with van der Waals surface area (Å²) in [6, 6.07) is -0.367. The van der Waals surface area contributed by atoms with Gasteiger partial charge in [0.1, 0.15) is 12.4 Å². The van der Waals surface area contributed by atoms with Crippen LogP contribution in [0.3, 0.4) is 0 Å². The molecule has 8 heteroatoms. The molecule has 8 nitrogen and oxygen atoms in total. The van der Waals surface area contributed by atoms with Gasteiger partial charge in [0.2, 0.25) is 0 Å². The third kappa shape index (κ3) is 2.48. The summed E-state index contributed by atoms with van der Waals surface area (Å²) in [5.41, 5.74) is 5.74. The second-order valence-corrected chi connectivity index (χ2v) is 5.39. The van der Waals surface area contributed by atoms with Gasteiger partial charge in [-0.15, -0.1) is 0 Å². The second-order valence-electron chi connectivity index (χ2n) is 5.39. The zero-order valence-corrected chi connectivity index (χ0v) is 13.5. The third-order valence-electron chi connectivity index (χ3n) is 3.79. The van der Waals surface area contributed by atoms with Crippen molar-refractivity contribution in [2.24, 2.45) is 12.8 Å². The molecular weight excluding hydrogens is 286 g/mol. The molecule has 22 heavy (non-hydrogen) atoms. The van der Waals surface area contributed by atoms with Gasteiger partial charge in [-0.3, -0.25) is 13.9 Å². The molecule has 2 aromatic heterocycles. The molecule has 122 valence electrons. The van der Waals surface area contributed by atoms with Crippen molar-refractivity contribution < 1.29 is 4.74 Å². The first-order chi connectivity index (χ1) is 10.5. The number of hydrogen-bond acceptors (Lipinski definition) is 5. The summed E-state index contributed by atoms with van der Waals surface area (Å²) in [6.45, 7) is 4.72. The molecule has 2 aromatic rings. The molecule has 0 aliphatic rings. The molecular formula is C14H23N5O3. The van der Waals surface area contributed by atoms with Gasteiger partial charge in [-0.2, -0.15) is 0 Å². The summed E-state index contributed by atoms with van der Waals surface area (Å²) in [4.78, 5) is 29.8. The third-order valence-corrected chi connectivity index (χ3v) is 3.79. The Kier molecular flexibility index (Phi) is 4.82. The van der Waals surface area contributed by atoms with Crippen molar-refractivity contribution in [1.82, 2.24) is 18.7 Å². The van der Waals surface area contributed by atoms with Crippen molar-refractivity contribution in [3.05, 3.63) is 26.7 Å². The van der Waals surface area contributed by atoms with Crippen LogP contribution in [0.2, 0.25) is 0 Å². The van der Waals surface area contributed by atoms with Crippen molar-refractivity contribution in [1.29, 1.82) is 0 Å². The number of nitrogens with two attached hydrogens (primary N) is 1. The predicted octanol–water partition coefficient (Wildman–Crippen LogP) is -0.0272. The maximum absolute atomic E-state index is 12.7. The first-order valence-corrected chi connectivity index (χ1v) is 7.37. The number of fused-ring (bicyclic) bond motifs is 1. The van der Waals surface area contributed by atoms with Crippen LogP contribution in [0.1, 0.15) is 32.1 Å². The molecule has 0 aromatic carbocycles. The molecule has 0 fully saturated rings. The van der Waals surface area contributed by atoms with Crippen LogP contribution in [0.25, 0.3) is 11.2 Å². The van der Waals surface area contributed by atoms with Gasteiger partial charge < -0.3 is 15.0 Å². The molecule has 0 amide bonds. The van der Waals surface area contributed by atoms with Crippen molar-refractivity contribution in [2.75, 3.05) is 13.7 Å². The van der Waals surface area contributed by atoms with E-state index >= 15 is 0 Å². The smallest absolute Gasteiger partial charge is 0.333 e. The largest absolute Gasteiger partial charge is 0.377 e. The van der Waals surface area contributed by atoms with E-state index in [2.05, 4.69) is 4.98 Å². The highest BCUT2D eigenvalue weighted by Gasteiger charge is 2.21. The topological polar surface area (TPSA) is 97.1 Å². The number of hydrogen-bond donors (Lipinski definition) is 1. The highest BCUT2D eigenvalue weighted by atomic mass is 16.5. The zero-order valence-electron chi connectivity index (χ0n) is 13.5. The Morgan fingerprint density at radius 1 is 1.36 bits per heavy atom. The van der Waals surface area contributed by atoms with Gasteiger partial charge in [0, 0.05) is 27.2 Å². The maximum Gasteiger partial charge on any atom is 0.333 e. The summed E-state index contributed by atoms with van der Waals surface area (Å²) >= 11 is 0. The quantitative estimate of drug-likeness (QED) is 0.808. The van der Waals surface area contributed by atoms with Gasteiger partial charge in [0.15, 0.2) is 11.2 Å². The number of aryl methyl sites for hydroxylation is 2. The zero-order chi connectivity index (χ0) is 16.4. The van der Waals surface area contributed by atoms with Crippen LogP contribution >= 0.6 is 0 Å². The monoisotopic (exact) mass is 309 g/mol. The predicted molar refractivity (Wildman–Crippen MR) is 84.0 cm³/mol. The molecule has 0 spiro atoms. The van der Waals surface area contributed by atoms with E-state index in [0.29, 0.717) is 23.5 Å². The van der Waals surface area contributed by atoms with Crippen molar-refractivity contribution in [3.63, 3.8) is 0 Å². The fourth-order valence-corrected chi connectivity index (χ4v) is 2.56. The number of methoxy groups -OCH3 is 1. The van der Waals surface area contributed by atoms with Gasteiger partial charge in [-0.25, -0.2) is 9.78 Å². The van der Waals surface area contributed by atoms with E-state index in [4.69, 9.17) is 10.5 Å². The van der Waals surface area contributed by atoms with Crippen molar-refractivity contribution in [2.45, 2.75) is 39.5 Å². The van der Waals surface area contributed by atoms with Crippen LogP contribution in [0, 0.1) is 0 Å². The number of imidazole rings is 1. The van der Waals surface area contributed by atoms with Gasteiger partial charge in [0.25, 0.3) is 5.56 Å². The molecule has 0 aliphatic carbocycles. The van der Waals surface area contributed by atoms with Crippen LogP contribution < -0.4 is 17.0 Å². The molecule has 0 radical (unpaired) electrons. The van der Waals surface area contributed by atoms with Crippen molar-refractivity contribution in [3.8, 4) is 0 Å². The van der Waals surface area contributed by atoms with Crippen LogP contribution in [-0.4, -0.2) is 32.3 Å². The molecule has 2 heterocycles. The molecule has 0 saturated heterocycles. The summed E-state index contributed by atoms with van der Waals surface area (Å²) in [5, 5.41) is 0. The first-order valence-electron chi connectivity index (χ1n) is 7.37. The van der Waals surface area contributed by atoms with E-state index < -0.39 is 0 Å². The van der Waals surface area contributed by atoms with Crippen LogP contribution in [0.15, 0.2) is 9.59 Å². The fourth-order valence-electron chi connectivity index (χ4n) is 2.56. The standard InChI is InChI=1S/C14H23N5O3/c1-5-6-18-12-11(17(3)10(16-12)8-22-4)13(20)19(14(18)21)9(2)7-15/h9H,5-8,15H2,1-4H3. The van der Waals surface area contributed by atoms with E-state index in [0.717, 1.165) is 6.42 Å². The summed E-state index contributed by atoms with van der Waals surface area (Å²) in [6.07, 6.45) is 0.764. The van der Waals surface area contributed by atoms with E-state index in [1.54, 1.807) is 30.2 Å². The lowest BCUT2D eigenvalue weighted by Crippen LogP contribution is -2.43. The van der Waals surface area contributed by atoms with Crippen LogP contribution in [0.5, 0.6) is 0 Å². The lowest BCUT2D eigenvalue weighted by atomic mass is 10.3. The Bertz CT molecular complexity index is 786. The second kappa shape index (κ2) is 6.45. The Balaban J connectivity index is 2.92. The maximum atomic E-state index is 12.7. The Labute approximate surface area is 128 Å². The molecule has 1 atom stereocenters. The van der Waals surface area contributed by atoms with Gasteiger partial charge in [-0.05, 0) is 13.3 Å². The van der Waals surface area contributed by atoms with Crippen LogP contribution in [-0.2, 0) is 24.9 Å². The van der Waals surface area contributed by atoms with Gasteiger partial charge >= 0.3 is 5.69 Å². The molecule has 2 N–H and O–H groups in total. The summed E-state index contributed by atoms with van der Waals surface area (Å²) in [5.74, 6) is 0.608. The summed E-state index contributed by atoms with van der Waals surface area (Å²) < 4.78 is 9.56.